The third-order valence-corrected chi connectivity index (χ3v) is 10.8. The average Bonchev–Trinajstić information content (AvgIpc) is 3.27. The lowest BCUT2D eigenvalue weighted by atomic mass is 9.93. The molecule has 0 atom stereocenters. The molecule has 0 heterocycles. The van der Waals surface area contributed by atoms with E-state index in [4.69, 9.17) is 0 Å². The Morgan fingerprint density at radius 3 is 1.42 bits per heavy atom. The summed E-state index contributed by atoms with van der Waals surface area (Å²) in [6.07, 6.45) is 0. The Kier molecular flexibility index (Phi) is 5.77. The van der Waals surface area contributed by atoms with Crippen LogP contribution in [0.4, 0.5) is 17.1 Å². The lowest BCUT2D eigenvalue weighted by Crippen LogP contribution is -2.10. The van der Waals surface area contributed by atoms with Gasteiger partial charge in [0.25, 0.3) is 0 Å². The van der Waals surface area contributed by atoms with Gasteiger partial charge in [0.15, 0.2) is 0 Å². The molecule has 11 rings (SSSR count). The van der Waals surface area contributed by atoms with E-state index >= 15 is 0 Å². The fraction of sp³-hybridized carbons (Fsp3) is 0. The van der Waals surface area contributed by atoms with Crippen molar-refractivity contribution in [3.8, 4) is 11.1 Å². The van der Waals surface area contributed by atoms with Crippen molar-refractivity contribution in [2.75, 3.05) is 4.90 Å². The smallest absolute Gasteiger partial charge is 0.0645 e. The summed E-state index contributed by atoms with van der Waals surface area (Å²) >= 11 is 0. The van der Waals surface area contributed by atoms with Gasteiger partial charge in [-0.2, -0.15) is 0 Å². The van der Waals surface area contributed by atoms with Crippen molar-refractivity contribution in [3.05, 3.63) is 200 Å². The van der Waals surface area contributed by atoms with Crippen molar-refractivity contribution < 1.29 is 5.48 Å². The lowest BCUT2D eigenvalue weighted by molar-refractivity contribution is 1.31. The molecule has 0 N–H and O–H groups in total. The van der Waals surface area contributed by atoms with Gasteiger partial charge >= 0.3 is 0 Å². The van der Waals surface area contributed by atoms with Crippen molar-refractivity contribution in [1.29, 1.82) is 0 Å². The molecule has 0 aliphatic rings. The minimum atomic E-state index is -0.107. The Morgan fingerprint density at radius 1 is 0.283 bits per heavy atom. The number of benzene rings is 11. The molecule has 11 aromatic carbocycles. The van der Waals surface area contributed by atoms with Gasteiger partial charge in [-0.1, -0.05) is 164 Å². The van der Waals surface area contributed by atoms with Crippen molar-refractivity contribution in [1.82, 2.24) is 0 Å². The molecule has 0 aliphatic carbocycles. The standard InChI is InChI=1S/C52H33N/c1-3-13-41-35(11-1)21-22-36-23-24-37(31-50(36)41)34-25-27-39(28-26-34)53(52-32-38-12-2-4-14-42(38)43-15-9-10-20-49(43)52)40-29-30-48-46-18-6-5-16-44(46)45-17-7-8-19-47(45)51(48)33-40/h1-33H/i25D,26D,27D,28D. The Morgan fingerprint density at radius 2 is 0.755 bits per heavy atom. The molecular formula is C52H33N. The molecule has 0 saturated carbocycles. The van der Waals surface area contributed by atoms with Crippen LogP contribution in [0.5, 0.6) is 0 Å². The van der Waals surface area contributed by atoms with Crippen LogP contribution < -0.4 is 4.90 Å². The summed E-state index contributed by atoms with van der Waals surface area (Å²) in [6, 6.07) is 59.8. The van der Waals surface area contributed by atoms with E-state index in [0.717, 1.165) is 81.4 Å². The first-order valence-corrected chi connectivity index (χ1v) is 18.0. The Bertz CT molecular complexity index is 3420. The summed E-state index contributed by atoms with van der Waals surface area (Å²) in [5.74, 6) is 0. The Balaban J connectivity index is 1.22. The SMILES string of the molecule is [2H]c1c([2H])c(N(c2ccc3c4ccccc4c4ccccc4c3c2)c2cc3ccccc3c3ccccc23)c([2H])c([2H])c1-c1ccc2ccc3ccccc3c2c1. The van der Waals surface area contributed by atoms with Crippen LogP contribution in [0.2, 0.25) is 0 Å². The van der Waals surface area contributed by atoms with Crippen LogP contribution >= 0.6 is 0 Å². The highest BCUT2D eigenvalue weighted by Crippen LogP contribution is 2.45. The molecule has 0 unspecified atom stereocenters. The second kappa shape index (κ2) is 11.8. The van der Waals surface area contributed by atoms with E-state index in [2.05, 4.69) is 121 Å². The molecule has 0 aromatic heterocycles. The number of anilines is 3. The van der Waals surface area contributed by atoms with Crippen molar-refractivity contribution in [2.24, 2.45) is 0 Å². The molecule has 53 heavy (non-hydrogen) atoms. The van der Waals surface area contributed by atoms with E-state index in [-0.39, 0.29) is 35.4 Å². The van der Waals surface area contributed by atoms with E-state index in [1.54, 1.807) is 0 Å². The van der Waals surface area contributed by atoms with Crippen LogP contribution in [0.25, 0.3) is 86.5 Å². The van der Waals surface area contributed by atoms with Gasteiger partial charge < -0.3 is 4.90 Å². The third kappa shape index (κ3) is 4.71. The number of fused-ring (bicyclic) bond motifs is 12. The zero-order chi connectivity index (χ0) is 38.4. The first kappa shape index (κ1) is 25.9. The van der Waals surface area contributed by atoms with Crippen molar-refractivity contribution in [2.45, 2.75) is 0 Å². The molecule has 0 spiro atoms. The van der Waals surface area contributed by atoms with E-state index in [1.165, 1.54) is 5.39 Å². The molecule has 11 aromatic rings. The summed E-state index contributed by atoms with van der Waals surface area (Å²) < 4.78 is 38.8. The molecule has 0 radical (unpaired) electrons. The lowest BCUT2D eigenvalue weighted by Gasteiger charge is -2.28. The van der Waals surface area contributed by atoms with Gasteiger partial charge in [-0.05, 0) is 117 Å². The van der Waals surface area contributed by atoms with Crippen LogP contribution in [-0.4, -0.2) is 0 Å². The van der Waals surface area contributed by atoms with E-state index < -0.39 is 0 Å². The van der Waals surface area contributed by atoms with E-state index in [0.29, 0.717) is 5.56 Å². The van der Waals surface area contributed by atoms with Gasteiger partial charge in [0, 0.05) is 16.8 Å². The molecule has 0 aliphatic heterocycles. The second-order valence-corrected chi connectivity index (χ2v) is 13.8. The van der Waals surface area contributed by atoms with E-state index in [9.17, 15) is 5.48 Å². The monoisotopic (exact) mass is 675 g/mol. The van der Waals surface area contributed by atoms with Gasteiger partial charge in [0.2, 0.25) is 0 Å². The minimum absolute atomic E-state index is 0.0853. The third-order valence-electron chi connectivity index (χ3n) is 10.8. The second-order valence-electron chi connectivity index (χ2n) is 13.8. The summed E-state index contributed by atoms with van der Waals surface area (Å²) in [6.45, 7) is 0. The summed E-state index contributed by atoms with van der Waals surface area (Å²) in [7, 11) is 0. The highest BCUT2D eigenvalue weighted by molar-refractivity contribution is 6.26. The molecular weight excluding hydrogens is 639 g/mol. The average molecular weight is 676 g/mol. The van der Waals surface area contributed by atoms with Gasteiger partial charge in [-0.3, -0.25) is 0 Å². The summed E-state index contributed by atoms with van der Waals surface area (Å²) in [5, 5.41) is 15.1. The molecule has 246 valence electrons. The number of rotatable bonds is 4. The van der Waals surface area contributed by atoms with Gasteiger partial charge in [0.05, 0.1) is 11.2 Å². The van der Waals surface area contributed by atoms with E-state index in [1.807, 2.05) is 59.5 Å². The predicted octanol–water partition coefficient (Wildman–Crippen LogP) is 14.9. The molecule has 1 heteroatoms. The first-order valence-electron chi connectivity index (χ1n) is 20.0. The number of hydrogen-bond acceptors (Lipinski definition) is 1. The maximum absolute atomic E-state index is 9.79. The fourth-order valence-corrected chi connectivity index (χ4v) is 8.36. The maximum Gasteiger partial charge on any atom is 0.0645 e. The van der Waals surface area contributed by atoms with Gasteiger partial charge in [-0.15, -0.1) is 0 Å². The summed E-state index contributed by atoms with van der Waals surface area (Å²) in [5.41, 5.74) is 2.65. The predicted molar refractivity (Wildman–Crippen MR) is 229 cm³/mol. The zero-order valence-corrected chi connectivity index (χ0v) is 28.7. The fourth-order valence-electron chi connectivity index (χ4n) is 8.36. The zero-order valence-electron chi connectivity index (χ0n) is 32.7. The number of nitrogens with zero attached hydrogens (tertiary/aromatic N) is 1. The van der Waals surface area contributed by atoms with Crippen LogP contribution in [0, 0.1) is 0 Å². The van der Waals surface area contributed by atoms with Crippen LogP contribution in [0.15, 0.2) is 200 Å². The highest BCUT2D eigenvalue weighted by atomic mass is 15.1. The number of hydrogen-bond donors (Lipinski definition) is 0. The first-order chi connectivity index (χ1) is 28.0. The van der Waals surface area contributed by atoms with Gasteiger partial charge in [-0.25, -0.2) is 0 Å². The summed E-state index contributed by atoms with van der Waals surface area (Å²) in [4.78, 5) is 1.95. The van der Waals surface area contributed by atoms with Crippen molar-refractivity contribution in [3.63, 3.8) is 0 Å². The molecule has 0 saturated heterocycles. The molecule has 0 fully saturated rings. The maximum atomic E-state index is 9.79. The normalized spacial score (nSPS) is 12.8. The van der Waals surface area contributed by atoms with Gasteiger partial charge in [0.1, 0.15) is 0 Å². The minimum Gasteiger partial charge on any atom is -0.310 e. The largest absolute Gasteiger partial charge is 0.310 e. The molecule has 0 bridgehead atoms. The topological polar surface area (TPSA) is 3.24 Å². The van der Waals surface area contributed by atoms with Crippen LogP contribution in [-0.2, 0) is 0 Å². The highest BCUT2D eigenvalue weighted by Gasteiger charge is 2.19. The van der Waals surface area contributed by atoms with Crippen molar-refractivity contribution >= 4 is 92.5 Å². The van der Waals surface area contributed by atoms with Crippen LogP contribution in [0.3, 0.4) is 0 Å². The Labute approximate surface area is 313 Å². The quantitative estimate of drug-likeness (QED) is 0.168. The molecule has 1 nitrogen and oxygen atoms in total. The van der Waals surface area contributed by atoms with Crippen LogP contribution in [0.1, 0.15) is 5.48 Å². The molecule has 0 amide bonds. The Hall–Kier alpha value is -6.96.